The zero-order chi connectivity index (χ0) is 26.7. The summed E-state index contributed by atoms with van der Waals surface area (Å²) in [4.78, 5) is 12.8. The molecule has 0 aliphatic heterocycles. The lowest BCUT2D eigenvalue weighted by atomic mass is 10.2. The maximum absolute atomic E-state index is 12.8. The molecule has 194 valence electrons. The van der Waals surface area contributed by atoms with Gasteiger partial charge in [0.05, 0.1) is 18.4 Å². The molecule has 0 heterocycles. The Morgan fingerprint density at radius 1 is 0.816 bits per heavy atom. The van der Waals surface area contributed by atoms with Gasteiger partial charge >= 0.3 is 0 Å². The van der Waals surface area contributed by atoms with Gasteiger partial charge in [0, 0.05) is 15.6 Å². The minimum Gasteiger partial charge on any atom is -0.490 e. The molecule has 4 aromatic rings. The van der Waals surface area contributed by atoms with Crippen molar-refractivity contribution in [3.8, 4) is 17.2 Å². The van der Waals surface area contributed by atoms with Crippen LogP contribution in [-0.4, -0.2) is 18.7 Å². The third kappa shape index (κ3) is 7.51. The Kier molecular flexibility index (Phi) is 9.62. The molecule has 0 saturated heterocycles. The summed E-state index contributed by atoms with van der Waals surface area (Å²) in [5.74, 6) is 1.22. The summed E-state index contributed by atoms with van der Waals surface area (Å²) in [6.07, 6.45) is 1.54. The van der Waals surface area contributed by atoms with Crippen molar-refractivity contribution < 1.29 is 19.0 Å². The van der Waals surface area contributed by atoms with Gasteiger partial charge in [0.25, 0.3) is 5.91 Å². The van der Waals surface area contributed by atoms with E-state index in [2.05, 4.69) is 10.5 Å². The van der Waals surface area contributed by atoms with Gasteiger partial charge in [0.1, 0.15) is 19.0 Å². The zero-order valence-electron chi connectivity index (χ0n) is 20.7. The van der Waals surface area contributed by atoms with E-state index in [0.29, 0.717) is 46.1 Å². The summed E-state index contributed by atoms with van der Waals surface area (Å²) in [6.45, 7) is 2.98. The molecule has 0 unspecified atom stereocenters. The van der Waals surface area contributed by atoms with Gasteiger partial charge in [0.15, 0.2) is 11.5 Å². The van der Waals surface area contributed by atoms with E-state index in [4.69, 9.17) is 37.4 Å². The number of carbonyl (C=O) groups excluding carboxylic acids is 1. The molecule has 0 fully saturated rings. The van der Waals surface area contributed by atoms with E-state index >= 15 is 0 Å². The first kappa shape index (κ1) is 27.0. The molecular formula is C30H26Cl2N2O4. The van der Waals surface area contributed by atoms with Crippen LogP contribution in [-0.2, 0) is 13.2 Å². The summed E-state index contributed by atoms with van der Waals surface area (Å²) < 4.78 is 17.6. The highest BCUT2D eigenvalue weighted by Gasteiger charge is 2.12. The molecule has 0 bridgehead atoms. The molecule has 0 spiro atoms. The minimum atomic E-state index is -0.399. The Morgan fingerprint density at radius 2 is 1.55 bits per heavy atom. The number of hydrogen-bond acceptors (Lipinski definition) is 5. The van der Waals surface area contributed by atoms with Crippen LogP contribution < -0.4 is 19.6 Å². The van der Waals surface area contributed by atoms with Crippen molar-refractivity contribution in [1.29, 1.82) is 0 Å². The fraction of sp³-hybridized carbons (Fsp3) is 0.133. The standard InChI is InChI=1S/C30H26Cl2N2O4/c1-2-36-29-17-22(13-16-28(29)37-19-21-11-14-24(31)15-12-21)18-33-34-30(35)25-8-4-6-10-27(25)38-20-23-7-3-5-9-26(23)32/h3-18H,2,19-20H2,1H3,(H,34,35)/b33-18+. The largest absolute Gasteiger partial charge is 0.490 e. The first-order valence-corrected chi connectivity index (χ1v) is 12.7. The highest BCUT2D eigenvalue weighted by atomic mass is 35.5. The monoisotopic (exact) mass is 548 g/mol. The van der Waals surface area contributed by atoms with Gasteiger partial charge < -0.3 is 14.2 Å². The average Bonchev–Trinajstić information content (AvgIpc) is 2.93. The second kappa shape index (κ2) is 13.5. The molecule has 0 aliphatic rings. The molecule has 0 saturated carbocycles. The SMILES string of the molecule is CCOc1cc(/C=N/NC(=O)c2ccccc2OCc2ccccc2Cl)ccc1OCc1ccc(Cl)cc1. The zero-order valence-corrected chi connectivity index (χ0v) is 22.2. The van der Waals surface area contributed by atoms with Crippen molar-refractivity contribution in [2.45, 2.75) is 20.1 Å². The lowest BCUT2D eigenvalue weighted by Crippen LogP contribution is -2.18. The molecule has 1 amide bonds. The Bertz CT molecular complexity index is 1410. The maximum atomic E-state index is 12.8. The van der Waals surface area contributed by atoms with E-state index in [9.17, 15) is 4.79 Å². The summed E-state index contributed by atoms with van der Waals surface area (Å²) in [7, 11) is 0. The van der Waals surface area contributed by atoms with E-state index in [0.717, 1.165) is 16.7 Å². The molecular weight excluding hydrogens is 523 g/mol. The smallest absolute Gasteiger partial charge is 0.275 e. The van der Waals surface area contributed by atoms with Crippen LogP contribution in [0.25, 0.3) is 0 Å². The van der Waals surface area contributed by atoms with Gasteiger partial charge in [-0.15, -0.1) is 0 Å². The summed E-state index contributed by atoms with van der Waals surface area (Å²) >= 11 is 12.2. The van der Waals surface area contributed by atoms with E-state index in [-0.39, 0.29) is 6.61 Å². The van der Waals surface area contributed by atoms with Gasteiger partial charge in [-0.05, 0) is 66.6 Å². The van der Waals surface area contributed by atoms with Gasteiger partial charge in [-0.3, -0.25) is 4.79 Å². The molecule has 0 atom stereocenters. The predicted octanol–water partition coefficient (Wildman–Crippen LogP) is 7.31. The number of nitrogens with zero attached hydrogens (tertiary/aromatic N) is 1. The summed E-state index contributed by atoms with van der Waals surface area (Å²) in [6, 6.07) is 27.3. The van der Waals surface area contributed by atoms with Crippen LogP contribution in [0.4, 0.5) is 0 Å². The van der Waals surface area contributed by atoms with E-state index in [1.54, 1.807) is 36.4 Å². The lowest BCUT2D eigenvalue weighted by molar-refractivity contribution is 0.0950. The normalized spacial score (nSPS) is 10.8. The van der Waals surface area contributed by atoms with Gasteiger partial charge in [-0.2, -0.15) is 5.10 Å². The highest BCUT2D eigenvalue weighted by Crippen LogP contribution is 2.29. The van der Waals surface area contributed by atoms with Crippen molar-refractivity contribution in [3.63, 3.8) is 0 Å². The first-order valence-electron chi connectivity index (χ1n) is 12.0. The van der Waals surface area contributed by atoms with Crippen LogP contribution in [0, 0.1) is 0 Å². The van der Waals surface area contributed by atoms with E-state index < -0.39 is 5.91 Å². The van der Waals surface area contributed by atoms with Crippen LogP contribution in [0.5, 0.6) is 17.2 Å². The Balaban J connectivity index is 1.39. The van der Waals surface area contributed by atoms with Crippen LogP contribution in [0.3, 0.4) is 0 Å². The number of hydrazone groups is 1. The highest BCUT2D eigenvalue weighted by molar-refractivity contribution is 6.31. The number of benzene rings is 4. The number of rotatable bonds is 11. The number of amides is 1. The molecule has 0 aromatic heterocycles. The van der Waals surface area contributed by atoms with Crippen LogP contribution in [0.1, 0.15) is 34.0 Å². The molecule has 38 heavy (non-hydrogen) atoms. The second-order valence-corrected chi connectivity index (χ2v) is 8.97. The summed E-state index contributed by atoms with van der Waals surface area (Å²) in [5, 5.41) is 5.39. The molecule has 0 radical (unpaired) electrons. The van der Waals surface area contributed by atoms with Crippen molar-refractivity contribution >= 4 is 35.3 Å². The Hall–Kier alpha value is -4.00. The van der Waals surface area contributed by atoms with Crippen molar-refractivity contribution in [1.82, 2.24) is 5.43 Å². The van der Waals surface area contributed by atoms with Crippen LogP contribution >= 0.6 is 23.2 Å². The topological polar surface area (TPSA) is 69.2 Å². The third-order valence-corrected chi connectivity index (χ3v) is 6.05. The van der Waals surface area contributed by atoms with E-state index in [1.807, 2.05) is 61.5 Å². The Morgan fingerprint density at radius 3 is 2.34 bits per heavy atom. The molecule has 1 N–H and O–H groups in total. The predicted molar refractivity (Wildman–Crippen MR) is 151 cm³/mol. The number of hydrogen-bond donors (Lipinski definition) is 1. The number of para-hydroxylation sites is 1. The molecule has 4 rings (SSSR count). The van der Waals surface area contributed by atoms with Crippen LogP contribution in [0.2, 0.25) is 10.0 Å². The van der Waals surface area contributed by atoms with Crippen molar-refractivity contribution in [2.24, 2.45) is 5.10 Å². The molecule has 0 aliphatic carbocycles. The van der Waals surface area contributed by atoms with Gasteiger partial charge in [-0.1, -0.05) is 65.7 Å². The first-order chi connectivity index (χ1) is 18.5. The average molecular weight is 549 g/mol. The number of halogens is 2. The minimum absolute atomic E-state index is 0.236. The van der Waals surface area contributed by atoms with Gasteiger partial charge in [0.2, 0.25) is 0 Å². The molecule has 4 aromatic carbocycles. The second-order valence-electron chi connectivity index (χ2n) is 8.13. The number of carbonyl (C=O) groups is 1. The van der Waals surface area contributed by atoms with Gasteiger partial charge in [-0.25, -0.2) is 5.43 Å². The van der Waals surface area contributed by atoms with E-state index in [1.165, 1.54) is 6.21 Å². The molecule has 8 heteroatoms. The lowest BCUT2D eigenvalue weighted by Gasteiger charge is -2.13. The fourth-order valence-electron chi connectivity index (χ4n) is 3.51. The number of nitrogens with one attached hydrogen (secondary N) is 1. The maximum Gasteiger partial charge on any atom is 0.275 e. The van der Waals surface area contributed by atoms with Crippen molar-refractivity contribution in [2.75, 3.05) is 6.61 Å². The van der Waals surface area contributed by atoms with Crippen molar-refractivity contribution in [3.05, 3.63) is 123 Å². The molecule has 6 nitrogen and oxygen atoms in total. The Labute approximate surface area is 231 Å². The fourth-order valence-corrected chi connectivity index (χ4v) is 3.83. The number of ether oxygens (including phenoxy) is 3. The van der Waals surface area contributed by atoms with Crippen LogP contribution in [0.15, 0.2) is 96.1 Å². The summed E-state index contributed by atoms with van der Waals surface area (Å²) in [5.41, 5.74) is 5.46. The third-order valence-electron chi connectivity index (χ3n) is 5.43. The quantitative estimate of drug-likeness (QED) is 0.157.